The average molecular weight is 458 g/mol. The second-order valence-electron chi connectivity index (χ2n) is 9.34. The molecule has 1 aromatic heterocycles. The molecule has 1 aliphatic heterocycles. The first-order valence-corrected chi connectivity index (χ1v) is 11.7. The van der Waals surface area contributed by atoms with Gasteiger partial charge in [-0.25, -0.2) is 9.69 Å². The first-order valence-electron chi connectivity index (χ1n) is 11.3. The molecule has 2 aromatic rings. The van der Waals surface area contributed by atoms with Gasteiger partial charge in [0.25, 0.3) is 5.91 Å². The van der Waals surface area contributed by atoms with Gasteiger partial charge in [-0.2, -0.15) is 5.10 Å². The number of aromatic nitrogens is 2. The molecule has 2 heterocycles. The highest BCUT2D eigenvalue weighted by Gasteiger charge is 2.54. The van der Waals surface area contributed by atoms with Crippen LogP contribution in [0.3, 0.4) is 0 Å². The summed E-state index contributed by atoms with van der Waals surface area (Å²) in [4.78, 5) is 29.3. The number of nitrogens with zero attached hydrogens (tertiary/aromatic N) is 4. The van der Waals surface area contributed by atoms with Gasteiger partial charge in [-0.1, -0.05) is 49.6 Å². The SMILES string of the molecule is Cc1nn(Cc2ccccc2Cl)c(C)c1CN(C)CN1C(=O)NC2(CCCCC2C)C1=O. The van der Waals surface area contributed by atoms with Crippen LogP contribution in [0.5, 0.6) is 0 Å². The minimum absolute atomic E-state index is 0.0793. The summed E-state index contributed by atoms with van der Waals surface area (Å²) in [6.45, 7) is 7.57. The largest absolute Gasteiger partial charge is 0.326 e. The topological polar surface area (TPSA) is 70.5 Å². The summed E-state index contributed by atoms with van der Waals surface area (Å²) in [5.41, 5.74) is 3.40. The van der Waals surface area contributed by atoms with Gasteiger partial charge in [0, 0.05) is 22.8 Å². The Balaban J connectivity index is 1.46. The quantitative estimate of drug-likeness (QED) is 0.663. The van der Waals surface area contributed by atoms with Crippen LogP contribution in [-0.4, -0.2) is 50.8 Å². The molecular formula is C24H32ClN5O2. The molecule has 4 rings (SSSR count). The van der Waals surface area contributed by atoms with Crippen molar-refractivity contribution in [2.45, 2.75) is 65.1 Å². The lowest BCUT2D eigenvalue weighted by molar-refractivity contribution is -0.135. The molecule has 2 atom stereocenters. The normalized spacial score (nSPS) is 23.4. The van der Waals surface area contributed by atoms with E-state index in [1.165, 1.54) is 4.90 Å². The maximum absolute atomic E-state index is 13.3. The Labute approximate surface area is 194 Å². The standard InChI is InChI=1S/C24H32ClN5O2/c1-16-9-7-8-12-24(16)22(31)29(23(32)26-24)15-28(4)14-20-17(2)27-30(18(20)3)13-19-10-5-6-11-21(19)25/h5-6,10-11,16H,7-9,12-15H2,1-4H3,(H,26,32). The number of urea groups is 1. The van der Waals surface area contributed by atoms with Gasteiger partial charge in [0.2, 0.25) is 0 Å². The lowest BCUT2D eigenvalue weighted by atomic mass is 9.73. The molecule has 1 aliphatic carbocycles. The van der Waals surface area contributed by atoms with Gasteiger partial charge in [-0.3, -0.25) is 14.4 Å². The van der Waals surface area contributed by atoms with Crippen molar-refractivity contribution in [2.75, 3.05) is 13.7 Å². The van der Waals surface area contributed by atoms with Crippen molar-refractivity contribution >= 4 is 23.5 Å². The zero-order chi connectivity index (χ0) is 23.0. The Morgan fingerprint density at radius 1 is 1.25 bits per heavy atom. The van der Waals surface area contributed by atoms with Crippen LogP contribution >= 0.6 is 11.6 Å². The van der Waals surface area contributed by atoms with Crippen LogP contribution in [-0.2, 0) is 17.9 Å². The summed E-state index contributed by atoms with van der Waals surface area (Å²) in [6, 6.07) is 7.50. The fraction of sp³-hybridized carbons (Fsp3) is 0.542. The Kier molecular flexibility index (Phi) is 6.32. The molecular weight excluding hydrogens is 426 g/mol. The first kappa shape index (κ1) is 22.8. The number of carbonyl (C=O) groups is 2. The van der Waals surface area contributed by atoms with Gasteiger partial charge in [-0.05, 0) is 51.3 Å². The van der Waals surface area contributed by atoms with Crippen molar-refractivity contribution in [2.24, 2.45) is 5.92 Å². The average Bonchev–Trinajstić information content (AvgIpc) is 3.14. The number of benzene rings is 1. The summed E-state index contributed by atoms with van der Waals surface area (Å²) in [5.74, 6) is 0.0833. The Bertz CT molecular complexity index is 1040. The van der Waals surface area contributed by atoms with Crippen molar-refractivity contribution in [3.63, 3.8) is 0 Å². The van der Waals surface area contributed by atoms with Crippen molar-refractivity contribution in [1.29, 1.82) is 0 Å². The summed E-state index contributed by atoms with van der Waals surface area (Å²) >= 11 is 6.33. The molecule has 2 aliphatic rings. The molecule has 0 radical (unpaired) electrons. The number of imide groups is 1. The second-order valence-corrected chi connectivity index (χ2v) is 9.74. The molecule has 8 heteroatoms. The molecule has 3 amide bonds. The first-order chi connectivity index (χ1) is 15.2. The number of hydrogen-bond donors (Lipinski definition) is 1. The molecule has 172 valence electrons. The number of aryl methyl sites for hydroxylation is 1. The Morgan fingerprint density at radius 3 is 2.72 bits per heavy atom. The van der Waals surface area contributed by atoms with Crippen molar-refractivity contribution in [3.8, 4) is 0 Å². The van der Waals surface area contributed by atoms with Crippen LogP contribution in [0, 0.1) is 19.8 Å². The molecule has 7 nitrogen and oxygen atoms in total. The van der Waals surface area contributed by atoms with E-state index in [-0.39, 0.29) is 24.5 Å². The van der Waals surface area contributed by atoms with Crippen molar-refractivity contribution in [3.05, 3.63) is 51.8 Å². The van der Waals surface area contributed by atoms with Gasteiger partial charge < -0.3 is 5.32 Å². The van der Waals surface area contributed by atoms with Crippen LogP contribution in [0.1, 0.15) is 55.1 Å². The maximum atomic E-state index is 13.3. The minimum Gasteiger partial charge on any atom is -0.323 e. The highest BCUT2D eigenvalue weighted by molar-refractivity contribution is 6.31. The zero-order valence-corrected chi connectivity index (χ0v) is 20.1. The third kappa shape index (κ3) is 4.04. The number of carbonyl (C=O) groups excluding carboxylic acids is 2. The fourth-order valence-corrected chi connectivity index (χ4v) is 5.29. The Morgan fingerprint density at radius 2 is 2.00 bits per heavy atom. The van der Waals surface area contributed by atoms with Gasteiger partial charge in [0.1, 0.15) is 5.54 Å². The molecule has 32 heavy (non-hydrogen) atoms. The predicted molar refractivity (Wildman–Crippen MR) is 124 cm³/mol. The molecule has 1 saturated heterocycles. The molecule has 1 saturated carbocycles. The summed E-state index contributed by atoms with van der Waals surface area (Å²) in [6.07, 6.45) is 3.79. The number of halogens is 1. The van der Waals surface area contributed by atoms with E-state index in [0.717, 1.165) is 53.2 Å². The maximum Gasteiger partial charge on any atom is 0.326 e. The van der Waals surface area contributed by atoms with Crippen LogP contribution in [0.25, 0.3) is 0 Å². The van der Waals surface area contributed by atoms with Gasteiger partial charge in [0.15, 0.2) is 0 Å². The van der Waals surface area contributed by atoms with E-state index in [9.17, 15) is 9.59 Å². The van der Waals surface area contributed by atoms with E-state index < -0.39 is 5.54 Å². The van der Waals surface area contributed by atoms with E-state index in [4.69, 9.17) is 16.7 Å². The second kappa shape index (κ2) is 8.87. The predicted octanol–water partition coefficient (Wildman–Crippen LogP) is 4.09. The van der Waals surface area contributed by atoms with Crippen LogP contribution in [0.15, 0.2) is 24.3 Å². The minimum atomic E-state index is -0.720. The molecule has 1 aromatic carbocycles. The van der Waals surface area contributed by atoms with Gasteiger partial charge >= 0.3 is 6.03 Å². The lowest BCUT2D eigenvalue weighted by Gasteiger charge is -2.37. The highest BCUT2D eigenvalue weighted by Crippen LogP contribution is 2.38. The smallest absolute Gasteiger partial charge is 0.323 e. The molecule has 2 unspecified atom stereocenters. The van der Waals surface area contributed by atoms with E-state index in [1.54, 1.807) is 0 Å². The molecule has 1 spiro atoms. The third-order valence-corrected chi connectivity index (χ3v) is 7.49. The zero-order valence-electron chi connectivity index (χ0n) is 19.3. The summed E-state index contributed by atoms with van der Waals surface area (Å²) in [7, 11) is 1.93. The van der Waals surface area contributed by atoms with E-state index in [2.05, 4.69) is 12.2 Å². The molecule has 0 bridgehead atoms. The van der Waals surface area contributed by atoms with Crippen LogP contribution in [0.2, 0.25) is 5.02 Å². The van der Waals surface area contributed by atoms with E-state index in [0.29, 0.717) is 13.1 Å². The highest BCUT2D eigenvalue weighted by atomic mass is 35.5. The molecule has 2 fully saturated rings. The Hall–Kier alpha value is -2.38. The van der Waals surface area contributed by atoms with Crippen molar-refractivity contribution in [1.82, 2.24) is 24.9 Å². The lowest BCUT2D eigenvalue weighted by Crippen LogP contribution is -2.54. The van der Waals surface area contributed by atoms with Crippen LogP contribution < -0.4 is 5.32 Å². The number of rotatable bonds is 6. The van der Waals surface area contributed by atoms with Gasteiger partial charge in [-0.15, -0.1) is 0 Å². The fourth-order valence-electron chi connectivity index (χ4n) is 5.09. The monoisotopic (exact) mass is 457 g/mol. The third-order valence-electron chi connectivity index (χ3n) is 7.12. The number of nitrogens with one attached hydrogen (secondary N) is 1. The summed E-state index contributed by atoms with van der Waals surface area (Å²) < 4.78 is 1.96. The summed E-state index contributed by atoms with van der Waals surface area (Å²) in [5, 5.41) is 8.47. The molecule has 1 N–H and O–H groups in total. The van der Waals surface area contributed by atoms with Crippen LogP contribution in [0.4, 0.5) is 4.79 Å². The van der Waals surface area contributed by atoms with Gasteiger partial charge in [0.05, 0.1) is 18.9 Å². The van der Waals surface area contributed by atoms with E-state index in [1.807, 2.05) is 54.7 Å². The number of hydrogen-bond acceptors (Lipinski definition) is 4. The van der Waals surface area contributed by atoms with E-state index >= 15 is 0 Å². The van der Waals surface area contributed by atoms with Crippen molar-refractivity contribution < 1.29 is 9.59 Å². The number of amides is 3.